The summed E-state index contributed by atoms with van der Waals surface area (Å²) in [6, 6.07) is 3.39. The summed E-state index contributed by atoms with van der Waals surface area (Å²) in [6.45, 7) is 3.71. The van der Waals surface area contributed by atoms with E-state index < -0.39 is 0 Å². The maximum atomic E-state index is 11.9. The van der Waals surface area contributed by atoms with Crippen LogP contribution in [0.3, 0.4) is 0 Å². The highest BCUT2D eigenvalue weighted by atomic mass is 32.1. The third kappa shape index (κ3) is 2.91. The SMILES string of the molecule is Cc1cc(NC(=O)c2csc(C(C)N)n2)ccn1. The Bertz CT molecular complexity index is 565. The maximum Gasteiger partial charge on any atom is 0.275 e. The monoisotopic (exact) mass is 262 g/mol. The Kier molecular flexibility index (Phi) is 3.69. The van der Waals surface area contributed by atoms with Gasteiger partial charge in [0.25, 0.3) is 5.91 Å². The normalized spacial score (nSPS) is 12.2. The van der Waals surface area contributed by atoms with Crippen molar-refractivity contribution in [3.8, 4) is 0 Å². The number of anilines is 1. The largest absolute Gasteiger partial charge is 0.322 e. The van der Waals surface area contributed by atoms with Gasteiger partial charge in [-0.05, 0) is 26.0 Å². The maximum absolute atomic E-state index is 11.9. The predicted molar refractivity (Wildman–Crippen MR) is 71.6 cm³/mol. The van der Waals surface area contributed by atoms with E-state index in [1.165, 1.54) is 11.3 Å². The van der Waals surface area contributed by atoms with Crippen LogP contribution in [0.1, 0.15) is 34.2 Å². The first-order chi connectivity index (χ1) is 8.56. The predicted octanol–water partition coefficient (Wildman–Crippen LogP) is 2.12. The first-order valence-electron chi connectivity index (χ1n) is 5.51. The van der Waals surface area contributed by atoms with Crippen molar-refractivity contribution < 1.29 is 4.79 Å². The van der Waals surface area contributed by atoms with Crippen LogP contribution < -0.4 is 11.1 Å². The summed E-state index contributed by atoms with van der Waals surface area (Å²) in [5.41, 5.74) is 7.66. The van der Waals surface area contributed by atoms with Gasteiger partial charge in [0.2, 0.25) is 0 Å². The van der Waals surface area contributed by atoms with Gasteiger partial charge in [-0.15, -0.1) is 11.3 Å². The average molecular weight is 262 g/mol. The first-order valence-corrected chi connectivity index (χ1v) is 6.39. The molecule has 2 aromatic rings. The van der Waals surface area contributed by atoms with Gasteiger partial charge in [-0.1, -0.05) is 0 Å². The van der Waals surface area contributed by atoms with Gasteiger partial charge in [-0.2, -0.15) is 0 Å². The van der Waals surface area contributed by atoms with Crippen LogP contribution >= 0.6 is 11.3 Å². The van der Waals surface area contributed by atoms with Crippen LogP contribution in [0.15, 0.2) is 23.7 Å². The molecule has 0 radical (unpaired) electrons. The Labute approximate surface area is 109 Å². The molecule has 0 saturated heterocycles. The van der Waals surface area contributed by atoms with E-state index in [0.29, 0.717) is 11.4 Å². The number of rotatable bonds is 3. The van der Waals surface area contributed by atoms with Crippen LogP contribution in [0, 0.1) is 6.92 Å². The minimum atomic E-state index is -0.233. The van der Waals surface area contributed by atoms with Crippen LogP contribution in [0.4, 0.5) is 5.69 Å². The summed E-state index contributed by atoms with van der Waals surface area (Å²) < 4.78 is 0. The Hall–Kier alpha value is -1.79. The van der Waals surface area contributed by atoms with E-state index in [2.05, 4.69) is 15.3 Å². The minimum Gasteiger partial charge on any atom is -0.322 e. The number of nitrogens with one attached hydrogen (secondary N) is 1. The zero-order valence-electron chi connectivity index (χ0n) is 10.2. The van der Waals surface area contributed by atoms with Gasteiger partial charge in [-0.25, -0.2) is 4.98 Å². The molecule has 1 amide bonds. The average Bonchev–Trinajstić information content (AvgIpc) is 2.78. The van der Waals surface area contributed by atoms with E-state index in [0.717, 1.165) is 10.7 Å². The van der Waals surface area contributed by atoms with Crippen molar-refractivity contribution in [3.05, 3.63) is 40.1 Å². The highest BCUT2D eigenvalue weighted by molar-refractivity contribution is 7.09. The van der Waals surface area contributed by atoms with Gasteiger partial charge in [0.05, 0.1) is 6.04 Å². The van der Waals surface area contributed by atoms with Crippen LogP contribution in [0.5, 0.6) is 0 Å². The molecule has 0 aliphatic rings. The molecule has 0 bridgehead atoms. The Balaban J connectivity index is 2.12. The standard InChI is InChI=1S/C12H14N4OS/c1-7-5-9(3-4-14-7)15-11(17)10-6-18-12(16-10)8(2)13/h3-6,8H,13H2,1-2H3,(H,14,15,17). The smallest absolute Gasteiger partial charge is 0.275 e. The van der Waals surface area contributed by atoms with Crippen LogP contribution in [-0.2, 0) is 0 Å². The third-order valence-corrected chi connectivity index (χ3v) is 3.34. The molecular weight excluding hydrogens is 248 g/mol. The number of carbonyl (C=O) groups excluding carboxylic acids is 1. The number of hydrogen-bond acceptors (Lipinski definition) is 5. The Morgan fingerprint density at radius 3 is 2.94 bits per heavy atom. The van der Waals surface area contributed by atoms with Gasteiger partial charge in [-0.3, -0.25) is 9.78 Å². The summed E-state index contributed by atoms with van der Waals surface area (Å²) in [7, 11) is 0. The van der Waals surface area contributed by atoms with Crippen LogP contribution in [-0.4, -0.2) is 15.9 Å². The fraction of sp³-hybridized carbons (Fsp3) is 0.250. The lowest BCUT2D eigenvalue weighted by atomic mass is 10.3. The van der Waals surface area contributed by atoms with Gasteiger partial charge in [0.15, 0.2) is 0 Å². The number of nitrogens with zero attached hydrogens (tertiary/aromatic N) is 2. The summed E-state index contributed by atoms with van der Waals surface area (Å²) in [5, 5.41) is 5.24. The Morgan fingerprint density at radius 2 is 2.33 bits per heavy atom. The van der Waals surface area contributed by atoms with E-state index in [1.807, 2.05) is 13.8 Å². The van der Waals surface area contributed by atoms with E-state index in [9.17, 15) is 4.79 Å². The van der Waals surface area contributed by atoms with Crippen molar-refractivity contribution >= 4 is 22.9 Å². The lowest BCUT2D eigenvalue weighted by Gasteiger charge is -2.03. The first kappa shape index (κ1) is 12.7. The molecule has 2 aromatic heterocycles. The minimum absolute atomic E-state index is 0.153. The molecule has 0 fully saturated rings. The topological polar surface area (TPSA) is 80.9 Å². The van der Waals surface area contributed by atoms with Crippen molar-refractivity contribution in [2.24, 2.45) is 5.73 Å². The van der Waals surface area contributed by atoms with Gasteiger partial charge in [0.1, 0.15) is 10.7 Å². The van der Waals surface area contributed by atoms with E-state index in [-0.39, 0.29) is 11.9 Å². The second-order valence-corrected chi connectivity index (χ2v) is 4.89. The molecule has 18 heavy (non-hydrogen) atoms. The van der Waals surface area contributed by atoms with Crippen molar-refractivity contribution in [2.75, 3.05) is 5.32 Å². The second-order valence-electron chi connectivity index (χ2n) is 4.00. The lowest BCUT2D eigenvalue weighted by Crippen LogP contribution is -2.13. The molecular formula is C12H14N4OS. The van der Waals surface area contributed by atoms with Crippen molar-refractivity contribution in [2.45, 2.75) is 19.9 Å². The lowest BCUT2D eigenvalue weighted by molar-refractivity contribution is 0.102. The fourth-order valence-corrected chi connectivity index (χ4v) is 2.18. The summed E-state index contributed by atoms with van der Waals surface area (Å²) in [5.74, 6) is -0.233. The quantitative estimate of drug-likeness (QED) is 0.887. The number of nitrogens with two attached hydrogens (primary N) is 1. The number of pyridine rings is 1. The van der Waals surface area contributed by atoms with Gasteiger partial charge >= 0.3 is 0 Å². The second kappa shape index (κ2) is 5.24. The molecule has 2 heterocycles. The molecule has 0 aliphatic heterocycles. The highest BCUT2D eigenvalue weighted by Gasteiger charge is 2.12. The number of carbonyl (C=O) groups is 1. The fourth-order valence-electron chi connectivity index (χ4n) is 1.42. The summed E-state index contributed by atoms with van der Waals surface area (Å²) >= 11 is 1.39. The molecule has 5 nitrogen and oxygen atoms in total. The highest BCUT2D eigenvalue weighted by Crippen LogP contribution is 2.17. The molecule has 1 atom stereocenters. The molecule has 2 rings (SSSR count). The molecule has 1 unspecified atom stereocenters. The number of aryl methyl sites for hydroxylation is 1. The van der Waals surface area contributed by atoms with Crippen molar-refractivity contribution in [1.82, 2.24) is 9.97 Å². The third-order valence-electron chi connectivity index (χ3n) is 2.30. The number of hydrogen-bond donors (Lipinski definition) is 2. The molecule has 0 saturated carbocycles. The van der Waals surface area contributed by atoms with Crippen LogP contribution in [0.25, 0.3) is 0 Å². The molecule has 94 valence electrons. The zero-order chi connectivity index (χ0) is 13.1. The molecule has 0 aromatic carbocycles. The molecule has 3 N–H and O–H groups in total. The number of aromatic nitrogens is 2. The Morgan fingerprint density at radius 1 is 1.56 bits per heavy atom. The molecule has 6 heteroatoms. The van der Waals surface area contributed by atoms with Gasteiger partial charge < -0.3 is 11.1 Å². The zero-order valence-corrected chi connectivity index (χ0v) is 11.0. The summed E-state index contributed by atoms with van der Waals surface area (Å²) in [4.78, 5) is 20.2. The van der Waals surface area contributed by atoms with E-state index >= 15 is 0 Å². The van der Waals surface area contributed by atoms with Gasteiger partial charge in [0, 0.05) is 23.0 Å². The van der Waals surface area contributed by atoms with E-state index in [4.69, 9.17) is 5.73 Å². The number of amides is 1. The van der Waals surface area contributed by atoms with E-state index in [1.54, 1.807) is 23.7 Å². The number of thiazole rings is 1. The summed E-state index contributed by atoms with van der Waals surface area (Å²) in [6.07, 6.45) is 1.65. The van der Waals surface area contributed by atoms with Crippen LogP contribution in [0.2, 0.25) is 0 Å². The van der Waals surface area contributed by atoms with Crippen molar-refractivity contribution in [1.29, 1.82) is 0 Å². The molecule has 0 aliphatic carbocycles. The molecule has 0 spiro atoms. The van der Waals surface area contributed by atoms with Crippen molar-refractivity contribution in [3.63, 3.8) is 0 Å².